The van der Waals surface area contributed by atoms with Crippen LogP contribution in [0.4, 0.5) is 0 Å². The van der Waals surface area contributed by atoms with Crippen LogP contribution in [0.5, 0.6) is 0 Å². The molecular weight excluding hydrogens is 262 g/mol. The van der Waals surface area contributed by atoms with Crippen LogP contribution in [0.25, 0.3) is 0 Å². The molecule has 3 rings (SSSR count). The van der Waals surface area contributed by atoms with E-state index < -0.39 is 0 Å². The highest BCUT2D eigenvalue weighted by atomic mass is 15.3. The third-order valence-electron chi connectivity index (χ3n) is 4.76. The summed E-state index contributed by atoms with van der Waals surface area (Å²) in [5.74, 6) is 0.731. The zero-order valence-electron chi connectivity index (χ0n) is 13.3. The lowest BCUT2D eigenvalue weighted by Crippen LogP contribution is -2.36. The Morgan fingerprint density at radius 1 is 1.33 bits per heavy atom. The monoisotopic (exact) mass is 287 g/mol. The number of rotatable bonds is 4. The molecule has 2 aromatic heterocycles. The van der Waals surface area contributed by atoms with Crippen molar-refractivity contribution in [3.8, 4) is 0 Å². The van der Waals surface area contributed by atoms with Crippen LogP contribution < -0.4 is 0 Å². The molecule has 0 bridgehead atoms. The summed E-state index contributed by atoms with van der Waals surface area (Å²) in [7, 11) is 2.01. The van der Waals surface area contributed by atoms with Crippen molar-refractivity contribution in [2.45, 2.75) is 39.7 Å². The number of H-pyrrole nitrogens is 1. The maximum Gasteiger partial charge on any atom is 0.0537 e. The maximum absolute atomic E-state index is 4.35. The van der Waals surface area contributed by atoms with E-state index in [1.54, 1.807) is 0 Å². The molecule has 0 aliphatic carbocycles. The Balaban J connectivity index is 1.61. The second-order valence-electron chi connectivity index (χ2n) is 6.36. The minimum Gasteiger partial charge on any atom is -0.299 e. The second-order valence-corrected chi connectivity index (χ2v) is 6.36. The van der Waals surface area contributed by atoms with E-state index in [9.17, 15) is 0 Å². The Kier molecular flexibility index (Phi) is 4.10. The first-order valence-corrected chi connectivity index (χ1v) is 7.82. The molecule has 0 radical (unpaired) electrons. The molecule has 21 heavy (non-hydrogen) atoms. The van der Waals surface area contributed by atoms with Gasteiger partial charge in [0.25, 0.3) is 0 Å². The second kappa shape index (κ2) is 6.02. The quantitative estimate of drug-likeness (QED) is 0.938. The molecule has 1 aliphatic rings. The van der Waals surface area contributed by atoms with Crippen LogP contribution >= 0.6 is 0 Å². The van der Waals surface area contributed by atoms with Crippen molar-refractivity contribution < 1.29 is 0 Å². The summed E-state index contributed by atoms with van der Waals surface area (Å²) in [6, 6.07) is 0. The van der Waals surface area contributed by atoms with Gasteiger partial charge in [-0.25, -0.2) is 0 Å². The molecule has 5 nitrogen and oxygen atoms in total. The van der Waals surface area contributed by atoms with Crippen molar-refractivity contribution in [2.75, 3.05) is 13.1 Å². The number of nitrogens with one attached hydrogen (secondary N) is 1. The molecule has 3 heterocycles. The van der Waals surface area contributed by atoms with Gasteiger partial charge in [-0.15, -0.1) is 0 Å². The number of aromatic amines is 1. The van der Waals surface area contributed by atoms with Crippen molar-refractivity contribution in [3.05, 3.63) is 34.9 Å². The molecule has 2 aromatic rings. The Morgan fingerprint density at radius 3 is 2.86 bits per heavy atom. The third-order valence-corrected chi connectivity index (χ3v) is 4.76. The molecule has 114 valence electrons. The number of hydrogen-bond acceptors (Lipinski definition) is 3. The van der Waals surface area contributed by atoms with Gasteiger partial charge >= 0.3 is 0 Å². The average molecular weight is 287 g/mol. The van der Waals surface area contributed by atoms with Gasteiger partial charge in [-0.05, 0) is 51.1 Å². The number of likely N-dealkylation sites (tertiary alicyclic amines) is 1. The highest BCUT2D eigenvalue weighted by molar-refractivity contribution is 5.16. The first-order valence-electron chi connectivity index (χ1n) is 7.82. The third kappa shape index (κ3) is 3.18. The predicted octanol–water partition coefficient (Wildman–Crippen LogP) is 2.21. The summed E-state index contributed by atoms with van der Waals surface area (Å²) in [5.41, 5.74) is 5.23. The van der Waals surface area contributed by atoms with Crippen LogP contribution in [0.15, 0.2) is 12.4 Å². The minimum atomic E-state index is 0.731. The molecule has 1 atom stereocenters. The highest BCUT2D eigenvalue weighted by Gasteiger charge is 2.22. The van der Waals surface area contributed by atoms with Gasteiger partial charge in [-0.2, -0.15) is 10.2 Å². The first-order chi connectivity index (χ1) is 10.1. The summed E-state index contributed by atoms with van der Waals surface area (Å²) in [5, 5.41) is 11.6. The van der Waals surface area contributed by atoms with Crippen molar-refractivity contribution in [1.82, 2.24) is 24.9 Å². The van der Waals surface area contributed by atoms with E-state index in [1.165, 1.54) is 48.4 Å². The summed E-state index contributed by atoms with van der Waals surface area (Å²) in [6.07, 6.45) is 7.67. The Morgan fingerprint density at radius 2 is 2.19 bits per heavy atom. The molecule has 0 spiro atoms. The van der Waals surface area contributed by atoms with Gasteiger partial charge in [0.1, 0.15) is 0 Å². The number of aromatic nitrogens is 4. The van der Waals surface area contributed by atoms with Crippen molar-refractivity contribution in [3.63, 3.8) is 0 Å². The van der Waals surface area contributed by atoms with Gasteiger partial charge in [0.15, 0.2) is 0 Å². The van der Waals surface area contributed by atoms with Crippen LogP contribution in [-0.2, 0) is 20.0 Å². The van der Waals surface area contributed by atoms with Gasteiger partial charge in [-0.1, -0.05) is 0 Å². The van der Waals surface area contributed by atoms with Crippen molar-refractivity contribution in [2.24, 2.45) is 13.0 Å². The van der Waals surface area contributed by atoms with Gasteiger partial charge in [0.2, 0.25) is 0 Å². The summed E-state index contributed by atoms with van der Waals surface area (Å²) in [6.45, 7) is 7.69. The van der Waals surface area contributed by atoms with E-state index in [-0.39, 0.29) is 0 Å². The van der Waals surface area contributed by atoms with Crippen LogP contribution in [0.1, 0.15) is 35.4 Å². The van der Waals surface area contributed by atoms with Crippen molar-refractivity contribution >= 4 is 0 Å². The minimum absolute atomic E-state index is 0.731. The lowest BCUT2D eigenvalue weighted by molar-refractivity contribution is 0.166. The van der Waals surface area contributed by atoms with Crippen molar-refractivity contribution in [1.29, 1.82) is 0 Å². The normalized spacial score (nSPS) is 20.0. The SMILES string of the molecule is Cc1cn[nH]c1C[C@H]1CCCN(Cc2cnn(C)c2C)C1. The smallest absolute Gasteiger partial charge is 0.0537 e. The molecule has 0 unspecified atom stereocenters. The molecule has 1 saturated heterocycles. The average Bonchev–Trinajstić information content (AvgIpc) is 3.00. The van der Waals surface area contributed by atoms with Gasteiger partial charge in [0, 0.05) is 37.1 Å². The fourth-order valence-electron chi connectivity index (χ4n) is 3.27. The molecule has 1 N–H and O–H groups in total. The summed E-state index contributed by atoms with van der Waals surface area (Å²) >= 11 is 0. The molecule has 0 amide bonds. The Hall–Kier alpha value is -1.62. The fraction of sp³-hybridized carbons (Fsp3) is 0.625. The van der Waals surface area contributed by atoms with E-state index in [1.807, 2.05) is 24.1 Å². The number of nitrogens with zero attached hydrogens (tertiary/aromatic N) is 4. The topological polar surface area (TPSA) is 49.7 Å². The van der Waals surface area contributed by atoms with E-state index >= 15 is 0 Å². The zero-order chi connectivity index (χ0) is 14.8. The summed E-state index contributed by atoms with van der Waals surface area (Å²) in [4.78, 5) is 2.57. The van der Waals surface area contributed by atoms with Gasteiger partial charge in [0.05, 0.1) is 12.4 Å². The molecule has 5 heteroatoms. The predicted molar refractivity (Wildman–Crippen MR) is 83.0 cm³/mol. The maximum atomic E-state index is 4.35. The zero-order valence-corrected chi connectivity index (χ0v) is 13.3. The Bertz CT molecular complexity index is 598. The van der Waals surface area contributed by atoms with E-state index in [0.29, 0.717) is 0 Å². The molecule has 1 fully saturated rings. The number of piperidine rings is 1. The highest BCUT2D eigenvalue weighted by Crippen LogP contribution is 2.23. The Labute approximate surface area is 126 Å². The molecule has 0 aromatic carbocycles. The number of hydrogen-bond donors (Lipinski definition) is 1. The van der Waals surface area contributed by atoms with E-state index in [4.69, 9.17) is 0 Å². The van der Waals surface area contributed by atoms with Crippen LogP contribution in [0.2, 0.25) is 0 Å². The van der Waals surface area contributed by atoms with E-state index in [0.717, 1.165) is 18.9 Å². The van der Waals surface area contributed by atoms with Crippen LogP contribution in [-0.4, -0.2) is 38.0 Å². The lowest BCUT2D eigenvalue weighted by Gasteiger charge is -2.32. The molecule has 1 aliphatic heterocycles. The number of aryl methyl sites for hydroxylation is 2. The van der Waals surface area contributed by atoms with Crippen LogP contribution in [0, 0.1) is 19.8 Å². The standard InChI is InChI=1S/C16H25N5/c1-12-8-17-19-16(12)7-14-5-4-6-21(10-14)11-15-9-18-20(3)13(15)2/h8-9,14H,4-7,10-11H2,1-3H3,(H,17,19)/t14-/m1/s1. The summed E-state index contributed by atoms with van der Waals surface area (Å²) < 4.78 is 1.96. The van der Waals surface area contributed by atoms with E-state index in [2.05, 4.69) is 34.0 Å². The van der Waals surface area contributed by atoms with Gasteiger partial charge < -0.3 is 0 Å². The lowest BCUT2D eigenvalue weighted by atomic mass is 9.92. The van der Waals surface area contributed by atoms with Gasteiger partial charge in [-0.3, -0.25) is 14.7 Å². The fourth-order valence-corrected chi connectivity index (χ4v) is 3.27. The van der Waals surface area contributed by atoms with Crippen LogP contribution in [0.3, 0.4) is 0 Å². The largest absolute Gasteiger partial charge is 0.299 e. The molecule has 0 saturated carbocycles. The molecular formula is C16H25N5. The first kappa shape index (κ1) is 14.3.